The summed E-state index contributed by atoms with van der Waals surface area (Å²) in [5.41, 5.74) is 6.52. The Labute approximate surface area is 278 Å². The van der Waals surface area contributed by atoms with Gasteiger partial charge in [-0.05, 0) is 73.9 Å². The average molecular weight is 663 g/mol. The molecule has 3 N–H and O–H groups in total. The van der Waals surface area contributed by atoms with E-state index in [2.05, 4.69) is 27.7 Å². The third-order valence-corrected chi connectivity index (χ3v) is 7.26. The Morgan fingerprint density at radius 2 is 1.87 bits per heavy atom. The number of halogens is 1. The number of amides is 1. The number of carbonyl (C=O) groups is 2. The van der Waals surface area contributed by atoms with E-state index < -0.39 is 17.9 Å². The Morgan fingerprint density at radius 3 is 2.59 bits per heavy atom. The van der Waals surface area contributed by atoms with Crippen molar-refractivity contribution in [3.8, 4) is 17.2 Å². The maximum absolute atomic E-state index is 12.8. The first-order valence-corrected chi connectivity index (χ1v) is 15.2. The van der Waals surface area contributed by atoms with Crippen molar-refractivity contribution in [3.05, 3.63) is 112 Å². The third kappa shape index (κ3) is 8.86. The van der Waals surface area contributed by atoms with E-state index in [9.17, 15) is 9.59 Å². The molecule has 0 unspecified atom stereocenters. The smallest absolute Gasteiger partial charge is 0.338 e. The molecule has 4 rings (SSSR count). The van der Waals surface area contributed by atoms with Gasteiger partial charge < -0.3 is 29.6 Å². The number of esters is 1. The summed E-state index contributed by atoms with van der Waals surface area (Å²) in [4.78, 5) is 25.5. The van der Waals surface area contributed by atoms with Crippen LogP contribution in [0.3, 0.4) is 0 Å². The molecule has 1 heterocycles. The van der Waals surface area contributed by atoms with E-state index in [1.54, 1.807) is 69.5 Å². The van der Waals surface area contributed by atoms with Crippen LogP contribution in [0.5, 0.6) is 17.2 Å². The predicted octanol–water partition coefficient (Wildman–Crippen LogP) is 5.54. The number of rotatable bonds is 14. The lowest BCUT2D eigenvalue weighted by molar-refractivity contribution is -0.139. The third-order valence-electron chi connectivity index (χ3n) is 6.79. The van der Waals surface area contributed by atoms with E-state index in [0.29, 0.717) is 62.8 Å². The van der Waals surface area contributed by atoms with Crippen molar-refractivity contribution in [1.82, 2.24) is 16.1 Å². The van der Waals surface area contributed by atoms with Crippen LogP contribution in [-0.2, 0) is 27.4 Å². The highest BCUT2D eigenvalue weighted by atomic mass is 35.5. The van der Waals surface area contributed by atoms with Gasteiger partial charge in [0.15, 0.2) is 23.2 Å². The standard InChI is InChI=1S/C34H35ClN4O6S/c1-5-9-24-16-23(17-28(42-4)32(24)45-19-22-12-14-25(35)15-13-22)18-36-39-29(40)20-44-27-11-8-7-10-26(27)31-30(33(41)43-6-2)21(3)37-34(46)38-31/h5,7-8,10-18,31H,1,6,9,19-20H2,2-4H3,(H,39,40)(H2,37,38,46)/t31-/m0/s1. The molecule has 3 aromatic carbocycles. The molecule has 0 bridgehead atoms. The summed E-state index contributed by atoms with van der Waals surface area (Å²) in [6.45, 7) is 7.55. The van der Waals surface area contributed by atoms with Crippen LogP contribution >= 0.6 is 23.8 Å². The van der Waals surface area contributed by atoms with Crippen molar-refractivity contribution in [2.75, 3.05) is 20.3 Å². The highest BCUT2D eigenvalue weighted by molar-refractivity contribution is 7.80. The van der Waals surface area contributed by atoms with Crippen molar-refractivity contribution in [1.29, 1.82) is 0 Å². The highest BCUT2D eigenvalue weighted by Gasteiger charge is 2.32. The minimum Gasteiger partial charge on any atom is -0.493 e. The molecule has 12 heteroatoms. The molecule has 0 spiro atoms. The SMILES string of the molecule is C=CCc1cc(C=NNC(=O)COc2ccccc2[C@@H]2NC(=S)NC(C)=C2C(=O)OCC)cc(OC)c1OCc1ccc(Cl)cc1. The lowest BCUT2D eigenvalue weighted by atomic mass is 9.95. The topological polar surface area (TPSA) is 120 Å². The first-order valence-electron chi connectivity index (χ1n) is 14.4. The summed E-state index contributed by atoms with van der Waals surface area (Å²) in [6, 6.07) is 17.5. The summed E-state index contributed by atoms with van der Waals surface area (Å²) in [5, 5.41) is 11.2. The molecule has 0 aromatic heterocycles. The van der Waals surface area contributed by atoms with E-state index in [-0.39, 0.29) is 13.2 Å². The fraction of sp³-hybridized carbons (Fsp3) is 0.235. The molecule has 1 aliphatic heterocycles. The number of hydrogen-bond acceptors (Lipinski definition) is 8. The summed E-state index contributed by atoms with van der Waals surface area (Å²) in [6.07, 6.45) is 3.79. The first kappa shape index (κ1) is 34.0. The van der Waals surface area contributed by atoms with Gasteiger partial charge in [-0.25, -0.2) is 10.2 Å². The van der Waals surface area contributed by atoms with Crippen LogP contribution < -0.4 is 30.3 Å². The molecule has 0 radical (unpaired) electrons. The second kappa shape index (κ2) is 16.4. The van der Waals surface area contributed by atoms with Gasteiger partial charge in [-0.3, -0.25) is 4.79 Å². The van der Waals surface area contributed by atoms with Gasteiger partial charge in [-0.1, -0.05) is 48.0 Å². The molecular weight excluding hydrogens is 628 g/mol. The fourth-order valence-corrected chi connectivity index (χ4v) is 5.13. The van der Waals surface area contributed by atoms with Crippen molar-refractivity contribution in [2.45, 2.75) is 32.9 Å². The quantitative estimate of drug-likeness (QED) is 0.0672. The summed E-state index contributed by atoms with van der Waals surface area (Å²) in [7, 11) is 1.56. The molecule has 1 amide bonds. The van der Waals surface area contributed by atoms with Crippen LogP contribution in [0.1, 0.15) is 42.1 Å². The fourth-order valence-electron chi connectivity index (χ4n) is 4.73. The average Bonchev–Trinajstić information content (AvgIpc) is 3.03. The van der Waals surface area contributed by atoms with Crippen molar-refractivity contribution < 1.29 is 28.5 Å². The second-order valence-electron chi connectivity index (χ2n) is 10.0. The molecule has 46 heavy (non-hydrogen) atoms. The van der Waals surface area contributed by atoms with Crippen molar-refractivity contribution in [3.63, 3.8) is 0 Å². The van der Waals surface area contributed by atoms with Gasteiger partial charge in [0, 0.05) is 21.8 Å². The number of methoxy groups -OCH3 is 1. The van der Waals surface area contributed by atoms with Gasteiger partial charge >= 0.3 is 5.97 Å². The maximum atomic E-state index is 12.8. The summed E-state index contributed by atoms with van der Waals surface area (Å²) in [5.74, 6) is 0.525. The number of carbonyl (C=O) groups excluding carboxylic acids is 2. The van der Waals surface area contributed by atoms with E-state index in [4.69, 9.17) is 42.8 Å². The number of ether oxygens (including phenoxy) is 4. The van der Waals surface area contributed by atoms with Crippen molar-refractivity contribution >= 4 is 47.0 Å². The van der Waals surface area contributed by atoms with Crippen LogP contribution in [0.2, 0.25) is 5.02 Å². The second-order valence-corrected chi connectivity index (χ2v) is 10.9. The van der Waals surface area contributed by atoms with Crippen LogP contribution in [0.4, 0.5) is 0 Å². The van der Waals surface area contributed by atoms with Crippen LogP contribution in [-0.4, -0.2) is 43.5 Å². The Kier molecular flexibility index (Phi) is 12.2. The normalized spacial score (nSPS) is 14.3. The number of allylic oxidation sites excluding steroid dienone is 2. The number of thiocarbonyl (C=S) groups is 1. The Hall–Kier alpha value is -4.87. The first-order chi connectivity index (χ1) is 22.2. The molecule has 10 nitrogen and oxygen atoms in total. The minimum absolute atomic E-state index is 0.218. The number of hydrogen-bond donors (Lipinski definition) is 3. The molecule has 1 aliphatic rings. The number of benzene rings is 3. The van der Waals surface area contributed by atoms with Crippen molar-refractivity contribution in [2.24, 2.45) is 5.10 Å². The van der Waals surface area contributed by atoms with Crippen LogP contribution in [0, 0.1) is 0 Å². The lowest BCUT2D eigenvalue weighted by Gasteiger charge is -2.30. The van der Waals surface area contributed by atoms with E-state index >= 15 is 0 Å². The Morgan fingerprint density at radius 1 is 1.11 bits per heavy atom. The Balaban J connectivity index is 1.43. The van der Waals surface area contributed by atoms with E-state index in [1.165, 1.54) is 6.21 Å². The zero-order valence-corrected chi connectivity index (χ0v) is 27.3. The van der Waals surface area contributed by atoms with Gasteiger partial charge in [-0.15, -0.1) is 6.58 Å². The number of para-hydroxylation sites is 1. The van der Waals surface area contributed by atoms with Gasteiger partial charge in [0.25, 0.3) is 5.91 Å². The van der Waals surface area contributed by atoms with Gasteiger partial charge in [0.05, 0.1) is 31.5 Å². The molecule has 0 saturated heterocycles. The van der Waals surface area contributed by atoms with Gasteiger partial charge in [0.2, 0.25) is 0 Å². The number of nitrogens with zero attached hydrogens (tertiary/aromatic N) is 1. The molecule has 0 aliphatic carbocycles. The molecular formula is C34H35ClN4O6S. The largest absolute Gasteiger partial charge is 0.493 e. The van der Waals surface area contributed by atoms with E-state index in [1.807, 2.05) is 18.2 Å². The zero-order valence-electron chi connectivity index (χ0n) is 25.7. The number of hydrazone groups is 1. The molecule has 0 fully saturated rings. The summed E-state index contributed by atoms with van der Waals surface area (Å²) < 4.78 is 22.9. The maximum Gasteiger partial charge on any atom is 0.338 e. The van der Waals surface area contributed by atoms with Crippen LogP contribution in [0.15, 0.2) is 89.7 Å². The molecule has 240 valence electrons. The summed E-state index contributed by atoms with van der Waals surface area (Å²) >= 11 is 11.3. The lowest BCUT2D eigenvalue weighted by Crippen LogP contribution is -2.45. The monoisotopic (exact) mass is 662 g/mol. The van der Waals surface area contributed by atoms with Crippen LogP contribution in [0.25, 0.3) is 0 Å². The highest BCUT2D eigenvalue weighted by Crippen LogP contribution is 2.35. The van der Waals surface area contributed by atoms with Gasteiger partial charge in [-0.2, -0.15) is 5.10 Å². The number of nitrogens with one attached hydrogen (secondary N) is 3. The van der Waals surface area contributed by atoms with Gasteiger partial charge in [0.1, 0.15) is 12.4 Å². The zero-order chi connectivity index (χ0) is 33.1. The Bertz CT molecular complexity index is 1660. The van der Waals surface area contributed by atoms with E-state index in [0.717, 1.165) is 11.1 Å². The molecule has 0 saturated carbocycles. The molecule has 1 atom stereocenters. The molecule has 3 aromatic rings. The minimum atomic E-state index is -0.636. The predicted molar refractivity (Wildman–Crippen MR) is 181 cm³/mol.